The zero-order valence-corrected chi connectivity index (χ0v) is 12.2. The molecule has 1 aromatic heterocycles. The van der Waals surface area contributed by atoms with Gasteiger partial charge < -0.3 is 5.73 Å². The van der Waals surface area contributed by atoms with Crippen molar-refractivity contribution in [1.29, 1.82) is 0 Å². The molecule has 1 aliphatic rings. The third kappa shape index (κ3) is 1.83. The molecule has 0 fully saturated rings. The summed E-state index contributed by atoms with van der Waals surface area (Å²) in [6.45, 7) is 0. The number of rotatable bonds is 2. The molecule has 0 unspecified atom stereocenters. The lowest BCUT2D eigenvalue weighted by atomic mass is 9.97. The Hall–Kier alpha value is -1.80. The highest BCUT2D eigenvalue weighted by molar-refractivity contribution is 7.16. The molecule has 0 saturated heterocycles. The predicted octanol–water partition coefficient (Wildman–Crippen LogP) is 4.56. The van der Waals surface area contributed by atoms with Gasteiger partial charge in [0.05, 0.1) is 5.00 Å². The molecule has 4 rings (SSSR count). The SMILES string of the molecule is Nc1sc2c(c1Cc1cccc3ccccc13)CCC2. The van der Waals surface area contributed by atoms with Gasteiger partial charge in [0.2, 0.25) is 0 Å². The van der Waals surface area contributed by atoms with E-state index in [1.165, 1.54) is 46.0 Å². The molecular weight excluding hydrogens is 262 g/mol. The van der Waals surface area contributed by atoms with Crippen molar-refractivity contribution < 1.29 is 0 Å². The van der Waals surface area contributed by atoms with E-state index >= 15 is 0 Å². The van der Waals surface area contributed by atoms with Gasteiger partial charge in [0.1, 0.15) is 0 Å². The van der Waals surface area contributed by atoms with Crippen molar-refractivity contribution in [3.8, 4) is 0 Å². The molecule has 0 saturated carbocycles. The zero-order valence-electron chi connectivity index (χ0n) is 11.4. The first-order valence-corrected chi connectivity index (χ1v) is 8.00. The number of hydrogen-bond acceptors (Lipinski definition) is 2. The topological polar surface area (TPSA) is 26.0 Å². The third-order valence-corrected chi connectivity index (χ3v) is 5.47. The van der Waals surface area contributed by atoms with Gasteiger partial charge >= 0.3 is 0 Å². The van der Waals surface area contributed by atoms with Crippen LogP contribution in [-0.2, 0) is 19.3 Å². The summed E-state index contributed by atoms with van der Waals surface area (Å²) in [5, 5.41) is 3.70. The number of anilines is 1. The highest BCUT2D eigenvalue weighted by Gasteiger charge is 2.21. The molecule has 0 aliphatic heterocycles. The number of benzene rings is 2. The van der Waals surface area contributed by atoms with Gasteiger partial charge in [-0.1, -0.05) is 42.5 Å². The maximum atomic E-state index is 6.26. The predicted molar refractivity (Wildman–Crippen MR) is 87.5 cm³/mol. The summed E-state index contributed by atoms with van der Waals surface area (Å²) in [4.78, 5) is 1.53. The van der Waals surface area contributed by atoms with Gasteiger partial charge in [-0.3, -0.25) is 0 Å². The lowest BCUT2D eigenvalue weighted by Crippen LogP contribution is -1.96. The van der Waals surface area contributed by atoms with Crippen LogP contribution in [0.1, 0.15) is 28.0 Å². The van der Waals surface area contributed by atoms with E-state index in [1.807, 2.05) is 0 Å². The van der Waals surface area contributed by atoms with E-state index < -0.39 is 0 Å². The van der Waals surface area contributed by atoms with Gasteiger partial charge in [-0.15, -0.1) is 11.3 Å². The summed E-state index contributed by atoms with van der Waals surface area (Å²) in [5.41, 5.74) is 10.6. The minimum atomic E-state index is 0.971. The average molecular weight is 279 g/mol. The van der Waals surface area contributed by atoms with E-state index in [1.54, 1.807) is 16.9 Å². The van der Waals surface area contributed by atoms with Crippen LogP contribution in [0.2, 0.25) is 0 Å². The maximum absolute atomic E-state index is 6.26. The summed E-state index contributed by atoms with van der Waals surface area (Å²) in [5.74, 6) is 0. The van der Waals surface area contributed by atoms with Crippen LogP contribution in [0.5, 0.6) is 0 Å². The molecule has 1 nitrogen and oxygen atoms in total. The van der Waals surface area contributed by atoms with E-state index in [-0.39, 0.29) is 0 Å². The molecule has 1 heterocycles. The minimum absolute atomic E-state index is 0.971. The average Bonchev–Trinajstić information content (AvgIpc) is 3.02. The van der Waals surface area contributed by atoms with Crippen molar-refractivity contribution in [2.75, 3.05) is 5.73 Å². The molecule has 20 heavy (non-hydrogen) atoms. The first-order chi connectivity index (χ1) is 9.83. The molecule has 2 N–H and O–H groups in total. The molecule has 100 valence electrons. The summed E-state index contributed by atoms with van der Waals surface area (Å²) in [7, 11) is 0. The molecule has 3 aromatic rings. The lowest BCUT2D eigenvalue weighted by Gasteiger charge is -2.08. The molecule has 1 aliphatic carbocycles. The Labute approximate surface area is 123 Å². The third-order valence-electron chi connectivity index (χ3n) is 4.31. The second-order valence-electron chi connectivity index (χ2n) is 5.52. The quantitative estimate of drug-likeness (QED) is 0.731. The summed E-state index contributed by atoms with van der Waals surface area (Å²) >= 11 is 1.81. The Morgan fingerprint density at radius 3 is 2.80 bits per heavy atom. The standard InChI is InChI=1S/C18H17NS/c19-18-16(15-9-4-10-17(15)20-18)11-13-7-3-6-12-5-1-2-8-14(12)13/h1-3,5-8H,4,9-11,19H2. The fourth-order valence-corrected chi connectivity index (χ4v) is 4.50. The Bertz CT molecular complexity index is 780. The van der Waals surface area contributed by atoms with Crippen LogP contribution in [0.25, 0.3) is 10.8 Å². The molecule has 0 bridgehead atoms. The molecule has 0 amide bonds. The summed E-state index contributed by atoms with van der Waals surface area (Å²) in [6.07, 6.45) is 4.70. The molecule has 2 heteroatoms. The molecular formula is C18H17NS. The fourth-order valence-electron chi connectivity index (χ4n) is 3.32. The molecule has 0 atom stereocenters. The maximum Gasteiger partial charge on any atom is 0.0898 e. The van der Waals surface area contributed by atoms with Crippen LogP contribution in [-0.4, -0.2) is 0 Å². The normalized spacial score (nSPS) is 13.8. The number of nitrogens with two attached hydrogens (primary N) is 1. The van der Waals surface area contributed by atoms with Crippen molar-refractivity contribution in [3.63, 3.8) is 0 Å². The van der Waals surface area contributed by atoms with Crippen molar-refractivity contribution in [3.05, 3.63) is 64.0 Å². The first kappa shape index (κ1) is 12.0. The number of nitrogen functional groups attached to an aromatic ring is 1. The second kappa shape index (κ2) is 4.64. The van der Waals surface area contributed by atoms with Crippen molar-refractivity contribution >= 4 is 27.1 Å². The van der Waals surface area contributed by atoms with Gasteiger partial charge in [0.15, 0.2) is 0 Å². The summed E-state index contributed by atoms with van der Waals surface area (Å²) in [6, 6.07) is 15.2. The number of fused-ring (bicyclic) bond motifs is 2. The number of thiophene rings is 1. The van der Waals surface area contributed by atoms with Crippen molar-refractivity contribution in [1.82, 2.24) is 0 Å². The number of aryl methyl sites for hydroxylation is 1. The van der Waals surface area contributed by atoms with Crippen LogP contribution < -0.4 is 5.73 Å². The van der Waals surface area contributed by atoms with Crippen LogP contribution in [0.3, 0.4) is 0 Å². The Morgan fingerprint density at radius 2 is 1.85 bits per heavy atom. The van der Waals surface area contributed by atoms with Gasteiger partial charge in [-0.05, 0) is 46.7 Å². The summed E-state index contributed by atoms with van der Waals surface area (Å²) < 4.78 is 0. The van der Waals surface area contributed by atoms with Crippen LogP contribution in [0, 0.1) is 0 Å². The smallest absolute Gasteiger partial charge is 0.0898 e. The van der Waals surface area contributed by atoms with Crippen LogP contribution in [0.15, 0.2) is 42.5 Å². The van der Waals surface area contributed by atoms with E-state index in [2.05, 4.69) is 42.5 Å². The monoisotopic (exact) mass is 279 g/mol. The van der Waals surface area contributed by atoms with Crippen LogP contribution >= 0.6 is 11.3 Å². The zero-order chi connectivity index (χ0) is 13.5. The second-order valence-corrected chi connectivity index (χ2v) is 6.65. The Kier molecular flexibility index (Phi) is 2.78. The Morgan fingerprint density at radius 1 is 1.00 bits per heavy atom. The van der Waals surface area contributed by atoms with Gasteiger partial charge in [0.25, 0.3) is 0 Å². The van der Waals surface area contributed by atoms with E-state index in [9.17, 15) is 0 Å². The van der Waals surface area contributed by atoms with Crippen molar-refractivity contribution in [2.24, 2.45) is 0 Å². The largest absolute Gasteiger partial charge is 0.390 e. The van der Waals surface area contributed by atoms with Gasteiger partial charge in [-0.2, -0.15) is 0 Å². The first-order valence-electron chi connectivity index (χ1n) is 7.18. The fraction of sp³-hybridized carbons (Fsp3) is 0.222. The van der Waals surface area contributed by atoms with Gasteiger partial charge in [0, 0.05) is 11.3 Å². The van der Waals surface area contributed by atoms with E-state index in [0.29, 0.717) is 0 Å². The van der Waals surface area contributed by atoms with E-state index in [0.717, 1.165) is 11.4 Å². The molecule has 0 spiro atoms. The highest BCUT2D eigenvalue weighted by atomic mass is 32.1. The highest BCUT2D eigenvalue weighted by Crippen LogP contribution is 2.39. The van der Waals surface area contributed by atoms with E-state index in [4.69, 9.17) is 5.73 Å². The van der Waals surface area contributed by atoms with Crippen molar-refractivity contribution in [2.45, 2.75) is 25.7 Å². The minimum Gasteiger partial charge on any atom is -0.390 e. The van der Waals surface area contributed by atoms with Gasteiger partial charge in [-0.25, -0.2) is 0 Å². The number of hydrogen-bond donors (Lipinski definition) is 1. The molecule has 2 aromatic carbocycles. The lowest BCUT2D eigenvalue weighted by molar-refractivity contribution is 0.909. The Balaban J connectivity index is 1.82. The van der Waals surface area contributed by atoms with Crippen LogP contribution in [0.4, 0.5) is 5.00 Å². The molecule has 0 radical (unpaired) electrons.